The summed E-state index contributed by atoms with van der Waals surface area (Å²) in [5, 5.41) is 21.4. The van der Waals surface area contributed by atoms with Gasteiger partial charge in [0.1, 0.15) is 11.5 Å². The molecule has 0 atom stereocenters. The highest BCUT2D eigenvalue weighted by atomic mass is 32.2. The maximum Gasteiger partial charge on any atom is 0.123 e. The Morgan fingerprint density at radius 1 is 0.356 bits per heavy atom. The summed E-state index contributed by atoms with van der Waals surface area (Å²) in [6, 6.07) is 48.7. The number of aryl methyl sites for hydroxylation is 1. The second kappa shape index (κ2) is 20.3. The molecule has 0 amide bonds. The minimum Gasteiger partial charge on any atom is -0.507 e. The van der Waals surface area contributed by atoms with Gasteiger partial charge in [-0.2, -0.15) is 0 Å². The first kappa shape index (κ1) is 47.3. The highest BCUT2D eigenvalue weighted by Crippen LogP contribution is 2.41. The fourth-order valence-corrected chi connectivity index (χ4v) is 8.33. The summed E-state index contributed by atoms with van der Waals surface area (Å²) in [5.74, 6) is 0.922. The molecule has 0 aromatic heterocycles. The molecule has 0 aliphatic heterocycles. The van der Waals surface area contributed by atoms with Gasteiger partial charge < -0.3 is 10.2 Å². The normalized spacial score (nSPS) is 11.9. The largest absolute Gasteiger partial charge is 0.507 e. The van der Waals surface area contributed by atoms with Crippen LogP contribution in [0.5, 0.6) is 11.5 Å². The van der Waals surface area contributed by atoms with E-state index in [1.165, 1.54) is 36.3 Å². The zero-order valence-electron chi connectivity index (χ0n) is 37.9. The number of aromatic hydroxyl groups is 2. The summed E-state index contributed by atoms with van der Waals surface area (Å²) in [4.78, 5) is 5.07. The standard InChI is InChI=1S/C27H32OS.C16H26O.C12H10S/c1-26(2,3)23-17-20(18-24(25(23)28)27(4,5)6)16-19-12-14-22(15-13-19)29-21-10-8-7-9-11-21;1-8-11-9-12(15(2,3)4)14(17)13(10-11)16(5,6)7;1-3-7-11(8-4-1)13-12-9-5-2-6-10-12/h7-15,17-18,28H,16H2,1-6H3;9-10,17H,8H2,1-7H3;1-10H. The Morgan fingerprint density at radius 3 is 0.898 bits per heavy atom. The third-order valence-corrected chi connectivity index (χ3v) is 12.0. The first-order valence-corrected chi connectivity index (χ1v) is 22.5. The zero-order chi connectivity index (χ0) is 43.6. The van der Waals surface area contributed by atoms with Crippen molar-refractivity contribution in [3.05, 3.63) is 178 Å². The van der Waals surface area contributed by atoms with Crippen molar-refractivity contribution in [2.24, 2.45) is 0 Å². The number of benzene rings is 6. The van der Waals surface area contributed by atoms with Gasteiger partial charge in [-0.05, 0) is 122 Å². The summed E-state index contributed by atoms with van der Waals surface area (Å²) < 4.78 is 0. The quantitative estimate of drug-likeness (QED) is 0.168. The maximum atomic E-state index is 10.9. The lowest BCUT2D eigenvalue weighted by Crippen LogP contribution is -2.18. The third-order valence-electron chi connectivity index (χ3n) is 10.0. The van der Waals surface area contributed by atoms with Crippen molar-refractivity contribution in [3.8, 4) is 11.5 Å². The molecule has 6 rings (SSSR count). The first-order chi connectivity index (χ1) is 27.6. The predicted octanol–water partition coefficient (Wildman–Crippen LogP) is 16.1. The van der Waals surface area contributed by atoms with Gasteiger partial charge in [0, 0.05) is 19.6 Å². The number of hydrogen-bond donors (Lipinski definition) is 2. The van der Waals surface area contributed by atoms with Crippen LogP contribution < -0.4 is 0 Å². The lowest BCUT2D eigenvalue weighted by molar-refractivity contribution is 0.422. The van der Waals surface area contributed by atoms with Crippen molar-refractivity contribution >= 4 is 23.5 Å². The Kier molecular flexibility index (Phi) is 16.2. The van der Waals surface area contributed by atoms with Crippen LogP contribution in [-0.4, -0.2) is 10.2 Å². The van der Waals surface area contributed by atoms with Crippen LogP contribution in [-0.2, 0) is 34.5 Å². The van der Waals surface area contributed by atoms with E-state index in [0.29, 0.717) is 11.5 Å². The molecule has 2 N–H and O–H groups in total. The summed E-state index contributed by atoms with van der Waals surface area (Å²) in [7, 11) is 0. The van der Waals surface area contributed by atoms with Gasteiger partial charge in [-0.25, -0.2) is 0 Å². The maximum absolute atomic E-state index is 10.9. The van der Waals surface area contributed by atoms with E-state index in [4.69, 9.17) is 0 Å². The molecular formula is C55H68O2S2. The van der Waals surface area contributed by atoms with Gasteiger partial charge >= 0.3 is 0 Å². The van der Waals surface area contributed by atoms with Gasteiger partial charge in [0.05, 0.1) is 0 Å². The van der Waals surface area contributed by atoms with E-state index in [1.54, 1.807) is 23.5 Å². The van der Waals surface area contributed by atoms with E-state index in [2.05, 4.69) is 211 Å². The van der Waals surface area contributed by atoms with E-state index in [9.17, 15) is 10.2 Å². The topological polar surface area (TPSA) is 40.5 Å². The molecule has 0 spiro atoms. The highest BCUT2D eigenvalue weighted by Gasteiger charge is 2.27. The summed E-state index contributed by atoms with van der Waals surface area (Å²) in [5.41, 5.74) is 7.76. The minimum absolute atomic E-state index is 0.0186. The van der Waals surface area contributed by atoms with Gasteiger partial charge in [-0.3, -0.25) is 0 Å². The Bertz CT molecular complexity index is 2090. The van der Waals surface area contributed by atoms with Gasteiger partial charge in [-0.1, -0.05) is 205 Å². The molecule has 6 aromatic rings. The Balaban J connectivity index is 0.000000216. The molecule has 0 heterocycles. The highest BCUT2D eigenvalue weighted by molar-refractivity contribution is 7.99. The van der Waals surface area contributed by atoms with E-state index < -0.39 is 0 Å². The van der Waals surface area contributed by atoms with Crippen LogP contribution in [0.25, 0.3) is 0 Å². The SMILES string of the molecule is CC(C)(C)c1cc(Cc2ccc(Sc3ccccc3)cc2)cc(C(C)(C)C)c1O.CCc1cc(C(C)(C)C)c(O)c(C(C)(C)C)c1.c1ccc(Sc2ccccc2)cc1. The molecular weight excluding hydrogens is 757 g/mol. The van der Waals surface area contributed by atoms with Crippen LogP contribution in [0.3, 0.4) is 0 Å². The van der Waals surface area contributed by atoms with Crippen molar-refractivity contribution in [2.45, 2.75) is 144 Å². The van der Waals surface area contributed by atoms with Crippen LogP contribution >= 0.6 is 23.5 Å². The predicted molar refractivity (Wildman–Crippen MR) is 257 cm³/mol. The summed E-state index contributed by atoms with van der Waals surface area (Å²) in [6.45, 7) is 28.0. The third kappa shape index (κ3) is 14.4. The Labute approximate surface area is 365 Å². The van der Waals surface area contributed by atoms with Crippen molar-refractivity contribution in [3.63, 3.8) is 0 Å². The molecule has 0 saturated heterocycles. The van der Waals surface area contributed by atoms with E-state index in [0.717, 1.165) is 35.1 Å². The molecule has 2 nitrogen and oxygen atoms in total. The molecule has 0 radical (unpaired) electrons. The molecule has 4 heteroatoms. The molecule has 312 valence electrons. The molecule has 59 heavy (non-hydrogen) atoms. The fraction of sp³-hybridized carbons (Fsp3) is 0.345. The van der Waals surface area contributed by atoms with E-state index >= 15 is 0 Å². The van der Waals surface area contributed by atoms with Gasteiger partial charge in [0.25, 0.3) is 0 Å². The van der Waals surface area contributed by atoms with Gasteiger partial charge in [0.2, 0.25) is 0 Å². The number of rotatable bonds is 7. The molecule has 0 unspecified atom stereocenters. The van der Waals surface area contributed by atoms with Crippen molar-refractivity contribution in [1.29, 1.82) is 0 Å². The van der Waals surface area contributed by atoms with Crippen molar-refractivity contribution in [1.82, 2.24) is 0 Å². The van der Waals surface area contributed by atoms with Crippen molar-refractivity contribution < 1.29 is 10.2 Å². The van der Waals surface area contributed by atoms with Crippen LogP contribution in [0.1, 0.15) is 129 Å². The molecule has 0 saturated carbocycles. The monoisotopic (exact) mass is 824 g/mol. The summed E-state index contributed by atoms with van der Waals surface area (Å²) in [6.07, 6.45) is 1.87. The van der Waals surface area contributed by atoms with Crippen LogP contribution in [0.15, 0.2) is 159 Å². The average molecular weight is 825 g/mol. The fourth-order valence-electron chi connectivity index (χ4n) is 6.63. The van der Waals surface area contributed by atoms with E-state index in [1.807, 2.05) is 18.2 Å². The van der Waals surface area contributed by atoms with Crippen LogP contribution in [0, 0.1) is 0 Å². The number of hydrogen-bond acceptors (Lipinski definition) is 4. The van der Waals surface area contributed by atoms with Crippen LogP contribution in [0.4, 0.5) is 0 Å². The van der Waals surface area contributed by atoms with Gasteiger partial charge in [-0.15, -0.1) is 0 Å². The average Bonchev–Trinajstić information content (AvgIpc) is 3.16. The van der Waals surface area contributed by atoms with E-state index in [-0.39, 0.29) is 21.7 Å². The molecule has 0 aliphatic rings. The first-order valence-electron chi connectivity index (χ1n) is 20.9. The molecule has 0 aliphatic carbocycles. The molecule has 6 aromatic carbocycles. The smallest absolute Gasteiger partial charge is 0.123 e. The molecule has 0 fully saturated rings. The molecule has 0 bridgehead atoms. The summed E-state index contributed by atoms with van der Waals surface area (Å²) >= 11 is 3.57. The zero-order valence-corrected chi connectivity index (χ0v) is 39.5. The second-order valence-corrected chi connectivity index (χ2v) is 21.7. The number of phenolic OH excluding ortho intramolecular Hbond substituents is 2. The van der Waals surface area contributed by atoms with Gasteiger partial charge in [0.15, 0.2) is 0 Å². The lowest BCUT2D eigenvalue weighted by atomic mass is 9.78. The second-order valence-electron chi connectivity index (χ2n) is 19.4. The van der Waals surface area contributed by atoms with Crippen molar-refractivity contribution in [2.75, 3.05) is 0 Å². The number of phenols is 2. The minimum atomic E-state index is -0.101. The lowest BCUT2D eigenvalue weighted by Gasteiger charge is -2.28. The van der Waals surface area contributed by atoms with Crippen LogP contribution in [0.2, 0.25) is 0 Å². The Morgan fingerprint density at radius 2 is 0.627 bits per heavy atom. The Hall–Kier alpha value is -4.38.